The molecule has 1 unspecified atom stereocenters. The van der Waals surface area contributed by atoms with Crippen LogP contribution in [0, 0.1) is 5.92 Å². The number of nitrogens with zero attached hydrogens (tertiary/aromatic N) is 2. The van der Waals surface area contributed by atoms with E-state index in [9.17, 15) is 27.1 Å². The predicted molar refractivity (Wildman–Crippen MR) is 101 cm³/mol. The van der Waals surface area contributed by atoms with Gasteiger partial charge in [0.2, 0.25) is 0 Å². The van der Waals surface area contributed by atoms with E-state index in [1.807, 2.05) is 0 Å². The summed E-state index contributed by atoms with van der Waals surface area (Å²) in [5.41, 5.74) is 9.26. The Morgan fingerprint density at radius 1 is 1.34 bits per heavy atom. The van der Waals surface area contributed by atoms with Gasteiger partial charge in [0, 0.05) is 30.6 Å². The van der Waals surface area contributed by atoms with Crippen molar-refractivity contribution in [3.05, 3.63) is 0 Å². The topological polar surface area (TPSA) is 170 Å². The SMILES string of the molecule is CC(N(CC(F)F)S(=O)(=O)N1C[C@H](CCCB(O)O)[C@](N)(C(=O)O)C1)C1(N)CC1. The van der Waals surface area contributed by atoms with E-state index in [-0.39, 0.29) is 25.7 Å². The van der Waals surface area contributed by atoms with E-state index in [1.165, 1.54) is 6.92 Å². The zero-order valence-electron chi connectivity index (χ0n) is 16.2. The largest absolute Gasteiger partial charge is 0.480 e. The molecular weight excluding hydrogens is 413 g/mol. The number of hydrogen-bond acceptors (Lipinski definition) is 7. The van der Waals surface area contributed by atoms with Crippen molar-refractivity contribution in [2.24, 2.45) is 17.4 Å². The summed E-state index contributed by atoms with van der Waals surface area (Å²) in [6.45, 7) is -0.418. The van der Waals surface area contributed by atoms with E-state index < -0.39 is 65.8 Å². The number of halogens is 2. The molecule has 168 valence electrons. The van der Waals surface area contributed by atoms with Crippen LogP contribution in [-0.2, 0) is 15.0 Å². The molecular formula is C15H29BF2N4O6S. The van der Waals surface area contributed by atoms with Gasteiger partial charge in [-0.2, -0.15) is 17.0 Å². The number of carboxylic acids is 1. The molecule has 0 aromatic rings. The molecule has 0 spiro atoms. The Bertz CT molecular complexity index is 711. The lowest BCUT2D eigenvalue weighted by Crippen LogP contribution is -2.58. The third-order valence-electron chi connectivity index (χ3n) is 6.04. The quantitative estimate of drug-likeness (QED) is 0.244. The van der Waals surface area contributed by atoms with Crippen molar-refractivity contribution in [1.82, 2.24) is 8.61 Å². The van der Waals surface area contributed by atoms with Gasteiger partial charge in [0.05, 0.1) is 6.54 Å². The first-order chi connectivity index (χ1) is 13.2. The van der Waals surface area contributed by atoms with Crippen LogP contribution in [0.15, 0.2) is 0 Å². The van der Waals surface area contributed by atoms with Gasteiger partial charge in [-0.25, -0.2) is 8.78 Å². The summed E-state index contributed by atoms with van der Waals surface area (Å²) in [4.78, 5) is 11.8. The smallest absolute Gasteiger partial charge is 0.451 e. The van der Waals surface area contributed by atoms with Crippen LogP contribution in [0.5, 0.6) is 0 Å². The Morgan fingerprint density at radius 2 is 1.93 bits per heavy atom. The van der Waals surface area contributed by atoms with Crippen LogP contribution in [0.4, 0.5) is 8.78 Å². The molecule has 1 heterocycles. The minimum absolute atomic E-state index is 0.0246. The molecule has 0 aromatic heterocycles. The molecule has 10 nitrogen and oxygen atoms in total. The molecule has 14 heteroatoms. The summed E-state index contributed by atoms with van der Waals surface area (Å²) in [5, 5.41) is 27.5. The highest BCUT2D eigenvalue weighted by atomic mass is 32.2. The molecule has 0 aromatic carbocycles. The second kappa shape index (κ2) is 8.69. The lowest BCUT2D eigenvalue weighted by Gasteiger charge is -2.35. The van der Waals surface area contributed by atoms with Crippen LogP contribution in [0.25, 0.3) is 0 Å². The Balaban J connectivity index is 2.26. The van der Waals surface area contributed by atoms with Crippen LogP contribution in [0.1, 0.15) is 32.6 Å². The Hall–Kier alpha value is -0.895. The first kappa shape index (κ1) is 24.4. The molecule has 1 saturated heterocycles. The molecule has 0 amide bonds. The molecule has 0 radical (unpaired) electrons. The van der Waals surface area contributed by atoms with Crippen LogP contribution in [-0.4, -0.2) is 88.4 Å². The molecule has 1 aliphatic carbocycles. The van der Waals surface area contributed by atoms with E-state index in [0.717, 1.165) is 4.31 Å². The van der Waals surface area contributed by atoms with Crippen molar-refractivity contribution in [2.75, 3.05) is 19.6 Å². The zero-order chi connectivity index (χ0) is 22.2. The molecule has 29 heavy (non-hydrogen) atoms. The van der Waals surface area contributed by atoms with E-state index in [0.29, 0.717) is 17.1 Å². The fourth-order valence-electron chi connectivity index (χ4n) is 3.79. The summed E-state index contributed by atoms with van der Waals surface area (Å²) < 4.78 is 54.1. The number of aliphatic carboxylic acids is 1. The van der Waals surface area contributed by atoms with Crippen LogP contribution in [0.2, 0.25) is 6.32 Å². The molecule has 3 atom stereocenters. The average molecular weight is 442 g/mol. The van der Waals surface area contributed by atoms with Crippen molar-refractivity contribution >= 4 is 23.3 Å². The number of carbonyl (C=O) groups is 1. The van der Waals surface area contributed by atoms with Gasteiger partial charge in [0.25, 0.3) is 16.6 Å². The molecule has 1 saturated carbocycles. The highest BCUT2D eigenvalue weighted by Crippen LogP contribution is 2.40. The molecule has 0 bridgehead atoms. The fraction of sp³-hybridized carbons (Fsp3) is 0.933. The standard InChI is InChI=1S/C15H29BF2N4O6S/c1-10(14(19)4-5-14)22(8-12(17)18)29(27,28)21-7-11(3-2-6-16(25)26)15(20,9-21)13(23)24/h10-12,25-26H,2-9,19-20H2,1H3,(H,23,24)/t10?,11-,15-/m0/s1. The highest BCUT2D eigenvalue weighted by Gasteiger charge is 2.56. The summed E-state index contributed by atoms with van der Waals surface area (Å²) in [6, 6.07) is -0.887. The maximum absolute atomic E-state index is 13.2. The van der Waals surface area contributed by atoms with E-state index in [2.05, 4.69) is 0 Å². The third kappa shape index (κ3) is 5.24. The summed E-state index contributed by atoms with van der Waals surface area (Å²) in [6.07, 6.45) is -1.59. The fourth-order valence-corrected chi connectivity index (χ4v) is 5.75. The molecule has 2 rings (SSSR count). The summed E-state index contributed by atoms with van der Waals surface area (Å²) in [7, 11) is -6.03. The third-order valence-corrected chi connectivity index (χ3v) is 8.02. The van der Waals surface area contributed by atoms with Gasteiger partial charge >= 0.3 is 13.1 Å². The molecule has 1 aliphatic heterocycles. The zero-order valence-corrected chi connectivity index (χ0v) is 17.1. The Labute approximate surface area is 169 Å². The average Bonchev–Trinajstić information content (AvgIpc) is 3.25. The Morgan fingerprint density at radius 3 is 2.38 bits per heavy atom. The second-order valence-corrected chi connectivity index (χ2v) is 10.0. The van der Waals surface area contributed by atoms with Crippen molar-refractivity contribution in [3.63, 3.8) is 0 Å². The monoisotopic (exact) mass is 442 g/mol. The molecule has 7 N–H and O–H groups in total. The Kier molecular flexibility index (Phi) is 7.30. The van der Waals surface area contributed by atoms with Crippen LogP contribution >= 0.6 is 0 Å². The van der Waals surface area contributed by atoms with E-state index in [4.69, 9.17) is 21.5 Å². The summed E-state index contributed by atoms with van der Waals surface area (Å²) in [5.74, 6) is -2.22. The van der Waals surface area contributed by atoms with Crippen LogP contribution in [0.3, 0.4) is 0 Å². The number of hydrogen-bond donors (Lipinski definition) is 5. The van der Waals surface area contributed by atoms with E-state index in [1.54, 1.807) is 0 Å². The van der Waals surface area contributed by atoms with Crippen molar-refractivity contribution in [3.8, 4) is 0 Å². The normalized spacial score (nSPS) is 28.1. The van der Waals surface area contributed by atoms with Gasteiger partial charge in [-0.05, 0) is 32.5 Å². The first-order valence-electron chi connectivity index (χ1n) is 9.46. The van der Waals surface area contributed by atoms with Gasteiger partial charge in [-0.3, -0.25) is 4.79 Å². The molecule has 2 aliphatic rings. The van der Waals surface area contributed by atoms with Gasteiger partial charge in [-0.15, -0.1) is 0 Å². The number of rotatable bonds is 11. The van der Waals surface area contributed by atoms with Crippen molar-refractivity contribution < 1.29 is 37.1 Å². The lowest BCUT2D eigenvalue weighted by molar-refractivity contribution is -0.144. The van der Waals surface area contributed by atoms with Crippen molar-refractivity contribution in [1.29, 1.82) is 0 Å². The maximum Gasteiger partial charge on any atom is 0.451 e. The second-order valence-electron chi connectivity index (χ2n) is 8.12. The van der Waals surface area contributed by atoms with Crippen molar-refractivity contribution in [2.45, 2.75) is 62.5 Å². The number of nitrogens with two attached hydrogens (primary N) is 2. The van der Waals surface area contributed by atoms with Gasteiger partial charge in [-0.1, -0.05) is 6.42 Å². The number of carboxylic acid groups (broad SMARTS) is 1. The summed E-state index contributed by atoms with van der Waals surface area (Å²) >= 11 is 0. The maximum atomic E-state index is 13.2. The van der Waals surface area contributed by atoms with Gasteiger partial charge in [0.15, 0.2) is 0 Å². The van der Waals surface area contributed by atoms with Gasteiger partial charge < -0.3 is 26.6 Å². The predicted octanol–water partition coefficient (Wildman–Crippen LogP) is -1.35. The first-order valence-corrected chi connectivity index (χ1v) is 10.9. The lowest BCUT2D eigenvalue weighted by atomic mass is 9.78. The highest BCUT2D eigenvalue weighted by molar-refractivity contribution is 7.86. The van der Waals surface area contributed by atoms with E-state index >= 15 is 0 Å². The minimum atomic E-state index is -4.45. The minimum Gasteiger partial charge on any atom is -0.480 e. The molecule has 2 fully saturated rings. The van der Waals surface area contributed by atoms with Gasteiger partial charge in [0.1, 0.15) is 5.54 Å². The van der Waals surface area contributed by atoms with Crippen LogP contribution < -0.4 is 11.5 Å². The number of alkyl halides is 2.